The topological polar surface area (TPSA) is 20.2 Å². The van der Waals surface area contributed by atoms with Crippen molar-refractivity contribution in [2.75, 3.05) is 0 Å². The first kappa shape index (κ1) is 13.5. The summed E-state index contributed by atoms with van der Waals surface area (Å²) in [6.45, 7) is 8.69. The highest BCUT2D eigenvalue weighted by Gasteiger charge is 2.08. The summed E-state index contributed by atoms with van der Waals surface area (Å²) in [5.41, 5.74) is 3.17. The van der Waals surface area contributed by atoms with Crippen molar-refractivity contribution in [3.05, 3.63) is 12.2 Å². The molecule has 0 spiro atoms. The van der Waals surface area contributed by atoms with E-state index in [0.717, 1.165) is 12.8 Å². The highest BCUT2D eigenvalue weighted by Crippen LogP contribution is 1.99. The van der Waals surface area contributed by atoms with Gasteiger partial charge in [-0.05, 0) is 6.42 Å². The highest BCUT2D eigenvalue weighted by molar-refractivity contribution is 6.83. The van der Waals surface area contributed by atoms with Crippen LogP contribution in [-0.2, 0) is 0 Å². The van der Waals surface area contributed by atoms with Crippen LogP contribution < -0.4 is 0 Å². The molecular formula is C12H22OSi. The van der Waals surface area contributed by atoms with Gasteiger partial charge >= 0.3 is 0 Å². The van der Waals surface area contributed by atoms with Crippen molar-refractivity contribution >= 4 is 8.07 Å². The van der Waals surface area contributed by atoms with Crippen LogP contribution in [0.4, 0.5) is 0 Å². The maximum Gasteiger partial charge on any atom is 0.129 e. The Morgan fingerprint density at radius 1 is 1.29 bits per heavy atom. The fourth-order valence-corrected chi connectivity index (χ4v) is 1.47. The van der Waals surface area contributed by atoms with Crippen LogP contribution in [0.5, 0.6) is 0 Å². The van der Waals surface area contributed by atoms with Crippen molar-refractivity contribution in [2.45, 2.75) is 51.9 Å². The molecule has 80 valence electrons. The Hall–Kier alpha value is -0.523. The van der Waals surface area contributed by atoms with Crippen LogP contribution in [0.2, 0.25) is 19.6 Å². The maximum atomic E-state index is 9.51. The molecule has 1 unspecified atom stereocenters. The van der Waals surface area contributed by atoms with Gasteiger partial charge < -0.3 is 5.11 Å². The third kappa shape index (κ3) is 9.56. The standard InChI is InChI=1S/C12H22OSi/c1-5-6-7-8-9-12(13)10-11-14(2,3)4/h7-8,12-13H,5-6,9H2,1-4H3. The lowest BCUT2D eigenvalue weighted by Crippen LogP contribution is -2.17. The molecule has 1 atom stereocenters. The first-order valence-electron chi connectivity index (χ1n) is 5.31. The van der Waals surface area contributed by atoms with Gasteiger partial charge in [0.1, 0.15) is 14.2 Å². The van der Waals surface area contributed by atoms with Gasteiger partial charge in [-0.2, -0.15) is 0 Å². The molecule has 0 radical (unpaired) electrons. The van der Waals surface area contributed by atoms with Gasteiger partial charge in [0.2, 0.25) is 0 Å². The van der Waals surface area contributed by atoms with Crippen molar-refractivity contribution in [1.82, 2.24) is 0 Å². The van der Waals surface area contributed by atoms with Crippen molar-refractivity contribution in [3.8, 4) is 11.5 Å². The molecule has 2 heteroatoms. The summed E-state index contributed by atoms with van der Waals surface area (Å²) < 4.78 is 0. The van der Waals surface area contributed by atoms with Crippen molar-refractivity contribution in [3.63, 3.8) is 0 Å². The van der Waals surface area contributed by atoms with E-state index in [9.17, 15) is 5.11 Å². The zero-order chi connectivity index (χ0) is 11.0. The van der Waals surface area contributed by atoms with Crippen LogP contribution in [0.3, 0.4) is 0 Å². The van der Waals surface area contributed by atoms with E-state index in [1.807, 2.05) is 6.08 Å². The van der Waals surface area contributed by atoms with Gasteiger partial charge in [0.15, 0.2) is 0 Å². The van der Waals surface area contributed by atoms with Gasteiger partial charge in [-0.1, -0.05) is 51.1 Å². The molecule has 0 aliphatic carbocycles. The number of aliphatic hydroxyl groups is 1. The Bertz CT molecular complexity index is 227. The summed E-state index contributed by atoms with van der Waals surface area (Å²) in [5, 5.41) is 9.51. The van der Waals surface area contributed by atoms with E-state index < -0.39 is 14.2 Å². The molecule has 0 saturated heterocycles. The lowest BCUT2D eigenvalue weighted by atomic mass is 10.2. The average molecular weight is 210 g/mol. The molecule has 0 amide bonds. The minimum Gasteiger partial charge on any atom is -0.380 e. The number of aliphatic hydroxyl groups excluding tert-OH is 1. The Kier molecular flexibility index (Phi) is 6.60. The molecule has 0 aromatic heterocycles. The third-order valence-electron chi connectivity index (χ3n) is 1.60. The number of allylic oxidation sites excluding steroid dienone is 1. The minimum absolute atomic E-state index is 0.477. The SMILES string of the molecule is CCCC=CCC(O)C#C[Si](C)(C)C. The average Bonchev–Trinajstić information content (AvgIpc) is 2.08. The minimum atomic E-state index is -1.32. The van der Waals surface area contributed by atoms with Gasteiger partial charge in [0, 0.05) is 6.42 Å². The molecular weight excluding hydrogens is 188 g/mol. The number of hydrogen-bond donors (Lipinski definition) is 1. The largest absolute Gasteiger partial charge is 0.380 e. The fraction of sp³-hybridized carbons (Fsp3) is 0.667. The second-order valence-corrected chi connectivity index (χ2v) is 9.28. The Morgan fingerprint density at radius 3 is 2.43 bits per heavy atom. The van der Waals surface area contributed by atoms with Gasteiger partial charge in [0.25, 0.3) is 0 Å². The second kappa shape index (κ2) is 6.86. The normalized spacial score (nSPS) is 13.8. The molecule has 0 fully saturated rings. The van der Waals surface area contributed by atoms with Crippen molar-refractivity contribution in [2.24, 2.45) is 0 Å². The smallest absolute Gasteiger partial charge is 0.129 e. The van der Waals surface area contributed by atoms with Gasteiger partial charge in [0.05, 0.1) is 0 Å². The van der Waals surface area contributed by atoms with E-state index in [4.69, 9.17) is 0 Å². The second-order valence-electron chi connectivity index (χ2n) is 4.53. The van der Waals surface area contributed by atoms with Gasteiger partial charge in [-0.3, -0.25) is 0 Å². The molecule has 0 aliphatic rings. The van der Waals surface area contributed by atoms with Crippen LogP contribution in [0.15, 0.2) is 12.2 Å². The highest BCUT2D eigenvalue weighted by atomic mass is 28.3. The Balaban J connectivity index is 3.85. The predicted octanol–water partition coefficient (Wildman–Crippen LogP) is 2.97. The van der Waals surface area contributed by atoms with E-state index in [-0.39, 0.29) is 0 Å². The number of hydrogen-bond acceptors (Lipinski definition) is 1. The van der Waals surface area contributed by atoms with Crippen molar-refractivity contribution in [1.29, 1.82) is 0 Å². The molecule has 1 N–H and O–H groups in total. The van der Waals surface area contributed by atoms with Gasteiger partial charge in [-0.25, -0.2) is 0 Å². The monoisotopic (exact) mass is 210 g/mol. The van der Waals surface area contributed by atoms with Crippen LogP contribution in [0.25, 0.3) is 0 Å². The van der Waals surface area contributed by atoms with Crippen LogP contribution in [0, 0.1) is 11.5 Å². The maximum absolute atomic E-state index is 9.51. The van der Waals surface area contributed by atoms with E-state index in [1.54, 1.807) is 0 Å². The lowest BCUT2D eigenvalue weighted by molar-refractivity contribution is 0.236. The molecule has 0 aromatic carbocycles. The van der Waals surface area contributed by atoms with E-state index in [1.165, 1.54) is 0 Å². The molecule has 0 bridgehead atoms. The summed E-state index contributed by atoms with van der Waals surface area (Å²) in [4.78, 5) is 0. The Labute approximate surface area is 89.2 Å². The molecule has 1 nitrogen and oxygen atoms in total. The molecule has 0 rings (SSSR count). The zero-order valence-electron chi connectivity index (χ0n) is 9.80. The molecule has 0 saturated carbocycles. The van der Waals surface area contributed by atoms with E-state index in [2.05, 4.69) is 44.1 Å². The molecule has 0 heterocycles. The quantitative estimate of drug-likeness (QED) is 0.430. The van der Waals surface area contributed by atoms with Crippen LogP contribution in [-0.4, -0.2) is 19.3 Å². The number of rotatable bonds is 4. The first-order chi connectivity index (χ1) is 6.45. The lowest BCUT2D eigenvalue weighted by Gasteiger charge is -2.05. The fourth-order valence-electron chi connectivity index (χ4n) is 0.868. The van der Waals surface area contributed by atoms with Crippen LogP contribution in [0.1, 0.15) is 26.2 Å². The summed E-state index contributed by atoms with van der Waals surface area (Å²) in [7, 11) is -1.32. The summed E-state index contributed by atoms with van der Waals surface area (Å²) in [5.74, 6) is 2.92. The first-order valence-corrected chi connectivity index (χ1v) is 8.81. The van der Waals surface area contributed by atoms with Crippen molar-refractivity contribution < 1.29 is 5.11 Å². The summed E-state index contributed by atoms with van der Waals surface area (Å²) >= 11 is 0. The molecule has 0 aromatic rings. The zero-order valence-corrected chi connectivity index (χ0v) is 10.8. The summed E-state index contributed by atoms with van der Waals surface area (Å²) in [6.07, 6.45) is 6.57. The van der Waals surface area contributed by atoms with Crippen LogP contribution >= 0.6 is 0 Å². The third-order valence-corrected chi connectivity index (χ3v) is 2.49. The Morgan fingerprint density at radius 2 is 1.93 bits per heavy atom. The molecule has 0 aliphatic heterocycles. The number of unbranched alkanes of at least 4 members (excludes halogenated alkanes) is 1. The molecule has 14 heavy (non-hydrogen) atoms. The summed E-state index contributed by atoms with van der Waals surface area (Å²) in [6, 6.07) is 0. The van der Waals surface area contributed by atoms with E-state index >= 15 is 0 Å². The van der Waals surface area contributed by atoms with Gasteiger partial charge in [-0.15, -0.1) is 5.54 Å². The predicted molar refractivity (Wildman–Crippen MR) is 65.8 cm³/mol. The van der Waals surface area contributed by atoms with E-state index in [0.29, 0.717) is 6.42 Å².